The molecule has 0 radical (unpaired) electrons. The minimum atomic E-state index is -0.533. The molecule has 0 heterocycles. The molecule has 0 fully saturated rings. The van der Waals surface area contributed by atoms with Crippen LogP contribution in [-0.2, 0) is 16.1 Å². The second kappa shape index (κ2) is 7.66. The van der Waals surface area contributed by atoms with Gasteiger partial charge in [0.2, 0.25) is 5.91 Å². The number of carbonyl (C=O) groups is 1. The number of ether oxygens (including phenoxy) is 1. The lowest BCUT2D eigenvalue weighted by Crippen LogP contribution is -2.32. The minimum Gasteiger partial charge on any atom is -0.380 e. The zero-order valence-corrected chi connectivity index (χ0v) is 12.1. The highest BCUT2D eigenvalue weighted by Crippen LogP contribution is 2.25. The molecule has 1 amide bonds. The van der Waals surface area contributed by atoms with Crippen molar-refractivity contribution in [1.29, 1.82) is 0 Å². The minimum absolute atomic E-state index is 0. The summed E-state index contributed by atoms with van der Waals surface area (Å²) in [5.74, 6) is -0.213. The second-order valence-electron chi connectivity index (χ2n) is 3.48. The topological polar surface area (TPSA) is 64.3 Å². The Balaban J connectivity index is 0.00000256. The van der Waals surface area contributed by atoms with Crippen LogP contribution in [0.25, 0.3) is 0 Å². The van der Waals surface area contributed by atoms with Crippen LogP contribution >= 0.6 is 28.3 Å². The van der Waals surface area contributed by atoms with Crippen LogP contribution in [0.15, 0.2) is 22.7 Å². The summed E-state index contributed by atoms with van der Waals surface area (Å²) in [6.07, 6.45) is 0. The van der Waals surface area contributed by atoms with E-state index >= 15 is 0 Å². The van der Waals surface area contributed by atoms with Gasteiger partial charge >= 0.3 is 0 Å². The van der Waals surface area contributed by atoms with Crippen LogP contribution in [0.2, 0.25) is 0 Å². The van der Waals surface area contributed by atoms with Crippen LogP contribution < -0.4 is 11.1 Å². The Labute approximate surface area is 115 Å². The predicted molar refractivity (Wildman–Crippen MR) is 74.4 cm³/mol. The SMILES string of the molecule is COCc1c(Br)cccc1NC(=O)[C@H](C)N.Cl. The number of anilines is 1. The summed E-state index contributed by atoms with van der Waals surface area (Å²) in [5, 5.41) is 2.76. The Bertz CT molecular complexity index is 386. The zero-order valence-electron chi connectivity index (χ0n) is 9.70. The highest BCUT2D eigenvalue weighted by molar-refractivity contribution is 9.10. The number of nitrogens with one attached hydrogen (secondary N) is 1. The number of hydrogen-bond donors (Lipinski definition) is 2. The monoisotopic (exact) mass is 322 g/mol. The molecule has 1 atom stereocenters. The molecule has 1 aromatic rings. The van der Waals surface area contributed by atoms with E-state index in [1.54, 1.807) is 14.0 Å². The first-order chi connectivity index (χ1) is 7.56. The molecule has 0 saturated carbocycles. The summed E-state index contributed by atoms with van der Waals surface area (Å²) in [5.41, 5.74) is 7.11. The highest BCUT2D eigenvalue weighted by atomic mass is 79.9. The average Bonchev–Trinajstić information content (AvgIpc) is 2.23. The number of rotatable bonds is 4. The van der Waals surface area contributed by atoms with Gasteiger partial charge in [0.15, 0.2) is 0 Å². The van der Waals surface area contributed by atoms with Crippen molar-refractivity contribution in [3.8, 4) is 0 Å². The Morgan fingerprint density at radius 1 is 1.59 bits per heavy atom. The van der Waals surface area contributed by atoms with Crippen LogP contribution in [-0.4, -0.2) is 19.1 Å². The van der Waals surface area contributed by atoms with Gasteiger partial charge in [0, 0.05) is 22.8 Å². The summed E-state index contributed by atoms with van der Waals surface area (Å²) in [6, 6.07) is 5.03. The van der Waals surface area contributed by atoms with Crippen molar-refractivity contribution in [3.63, 3.8) is 0 Å². The van der Waals surface area contributed by atoms with Crippen LogP contribution in [0.4, 0.5) is 5.69 Å². The summed E-state index contributed by atoms with van der Waals surface area (Å²) in [6.45, 7) is 2.07. The van der Waals surface area contributed by atoms with Gasteiger partial charge < -0.3 is 15.8 Å². The quantitative estimate of drug-likeness (QED) is 0.893. The fraction of sp³-hybridized carbons (Fsp3) is 0.364. The normalized spacial score (nSPS) is 11.5. The number of hydrogen-bond acceptors (Lipinski definition) is 3. The lowest BCUT2D eigenvalue weighted by molar-refractivity contribution is -0.117. The largest absolute Gasteiger partial charge is 0.380 e. The third-order valence-corrected chi connectivity index (χ3v) is 2.82. The first kappa shape index (κ1) is 16.4. The molecule has 0 unspecified atom stereocenters. The van der Waals surface area contributed by atoms with Gasteiger partial charge in [-0.3, -0.25) is 4.79 Å². The molecule has 1 rings (SSSR count). The Morgan fingerprint density at radius 3 is 2.76 bits per heavy atom. The van der Waals surface area contributed by atoms with E-state index in [4.69, 9.17) is 10.5 Å². The molecule has 1 aromatic carbocycles. The molecule has 96 valence electrons. The van der Waals surface area contributed by atoms with Crippen LogP contribution in [0.5, 0.6) is 0 Å². The highest BCUT2D eigenvalue weighted by Gasteiger charge is 2.12. The van der Waals surface area contributed by atoms with Crippen LogP contribution in [0.3, 0.4) is 0 Å². The van der Waals surface area contributed by atoms with Crippen molar-refractivity contribution in [2.75, 3.05) is 12.4 Å². The van der Waals surface area contributed by atoms with E-state index in [9.17, 15) is 4.79 Å². The summed E-state index contributed by atoms with van der Waals surface area (Å²) in [7, 11) is 1.61. The van der Waals surface area contributed by atoms with Crippen molar-refractivity contribution in [3.05, 3.63) is 28.2 Å². The van der Waals surface area contributed by atoms with Crippen LogP contribution in [0, 0.1) is 0 Å². The lowest BCUT2D eigenvalue weighted by Gasteiger charge is -2.13. The molecule has 0 aliphatic heterocycles. The molecule has 4 nitrogen and oxygen atoms in total. The van der Waals surface area contributed by atoms with Gasteiger partial charge in [-0.15, -0.1) is 12.4 Å². The van der Waals surface area contributed by atoms with Gasteiger partial charge in [-0.25, -0.2) is 0 Å². The molecule has 0 bridgehead atoms. The number of benzene rings is 1. The molecule has 0 spiro atoms. The number of amides is 1. The van der Waals surface area contributed by atoms with Crippen molar-refractivity contribution in [2.45, 2.75) is 19.6 Å². The molecule has 3 N–H and O–H groups in total. The third kappa shape index (κ3) is 4.63. The van der Waals surface area contributed by atoms with Gasteiger partial charge in [0.25, 0.3) is 0 Å². The summed E-state index contributed by atoms with van der Waals surface area (Å²) < 4.78 is 5.98. The van der Waals surface area contributed by atoms with E-state index in [0.717, 1.165) is 15.7 Å². The van der Waals surface area contributed by atoms with E-state index in [2.05, 4.69) is 21.2 Å². The molecule has 6 heteroatoms. The van der Waals surface area contributed by atoms with E-state index in [1.807, 2.05) is 18.2 Å². The van der Waals surface area contributed by atoms with Gasteiger partial charge in [0.05, 0.1) is 12.6 Å². The van der Waals surface area contributed by atoms with Crippen molar-refractivity contribution in [1.82, 2.24) is 0 Å². The van der Waals surface area contributed by atoms with Gasteiger partial charge in [-0.1, -0.05) is 22.0 Å². The van der Waals surface area contributed by atoms with E-state index in [1.165, 1.54) is 0 Å². The fourth-order valence-corrected chi connectivity index (χ4v) is 1.69. The Morgan fingerprint density at radius 2 is 2.24 bits per heavy atom. The zero-order chi connectivity index (χ0) is 12.1. The Hall–Kier alpha value is -0.620. The first-order valence-electron chi connectivity index (χ1n) is 4.89. The summed E-state index contributed by atoms with van der Waals surface area (Å²) >= 11 is 3.41. The maximum absolute atomic E-state index is 11.5. The summed E-state index contributed by atoms with van der Waals surface area (Å²) in [4.78, 5) is 11.5. The Kier molecular flexibility index (Phi) is 7.38. The molecular formula is C11H16BrClN2O2. The molecule has 0 saturated heterocycles. The maximum atomic E-state index is 11.5. The van der Waals surface area contributed by atoms with Crippen molar-refractivity contribution in [2.24, 2.45) is 5.73 Å². The maximum Gasteiger partial charge on any atom is 0.241 e. The van der Waals surface area contributed by atoms with Crippen LogP contribution in [0.1, 0.15) is 12.5 Å². The first-order valence-corrected chi connectivity index (χ1v) is 5.68. The number of nitrogens with two attached hydrogens (primary N) is 1. The number of carbonyl (C=O) groups excluding carboxylic acids is 1. The van der Waals surface area contributed by atoms with E-state index in [0.29, 0.717) is 6.61 Å². The van der Waals surface area contributed by atoms with Gasteiger partial charge in [-0.2, -0.15) is 0 Å². The van der Waals surface area contributed by atoms with Gasteiger partial charge in [0.1, 0.15) is 0 Å². The number of halogens is 2. The predicted octanol–water partition coefficient (Wildman–Crippen LogP) is 2.30. The number of methoxy groups -OCH3 is 1. The second-order valence-corrected chi connectivity index (χ2v) is 4.33. The van der Waals surface area contributed by atoms with Gasteiger partial charge in [-0.05, 0) is 19.1 Å². The third-order valence-electron chi connectivity index (χ3n) is 2.08. The van der Waals surface area contributed by atoms with E-state index < -0.39 is 6.04 Å². The standard InChI is InChI=1S/C11H15BrN2O2.ClH/c1-7(13)11(15)14-10-5-3-4-9(12)8(10)6-16-2;/h3-5,7H,6,13H2,1-2H3,(H,14,15);1H/t7-;/m0./s1. The molecule has 0 aromatic heterocycles. The van der Waals surface area contributed by atoms with E-state index in [-0.39, 0.29) is 18.3 Å². The van der Waals surface area contributed by atoms with Crippen molar-refractivity contribution < 1.29 is 9.53 Å². The fourth-order valence-electron chi connectivity index (χ4n) is 1.21. The lowest BCUT2D eigenvalue weighted by atomic mass is 10.2. The molecule has 17 heavy (non-hydrogen) atoms. The average molecular weight is 324 g/mol. The molecular weight excluding hydrogens is 307 g/mol. The molecule has 0 aliphatic carbocycles. The molecule has 0 aliphatic rings. The van der Waals surface area contributed by atoms with Crippen molar-refractivity contribution >= 4 is 39.9 Å². The smallest absolute Gasteiger partial charge is 0.241 e.